The van der Waals surface area contributed by atoms with Crippen molar-refractivity contribution in [3.8, 4) is 0 Å². The number of carbonyl (C=O) groups excluding carboxylic acids is 2. The molecule has 0 fully saturated rings. The van der Waals surface area contributed by atoms with Crippen molar-refractivity contribution in [1.29, 1.82) is 0 Å². The summed E-state index contributed by atoms with van der Waals surface area (Å²) in [6, 6.07) is 12.7. The Morgan fingerprint density at radius 1 is 0.960 bits per heavy atom. The zero-order valence-electron chi connectivity index (χ0n) is 13.7. The Bertz CT molecular complexity index is 860. The molecule has 25 heavy (non-hydrogen) atoms. The van der Waals surface area contributed by atoms with Crippen LogP contribution >= 0.6 is 0 Å². The normalized spacial score (nSPS) is 10.9. The van der Waals surface area contributed by atoms with Crippen molar-refractivity contribution >= 4 is 27.5 Å². The quantitative estimate of drug-likeness (QED) is 0.725. The monoisotopic (exact) mass is 361 g/mol. The van der Waals surface area contributed by atoms with Gasteiger partial charge in [0.05, 0.1) is 5.75 Å². The van der Waals surface area contributed by atoms with Crippen LogP contribution in [0.4, 0.5) is 10.5 Å². The first kappa shape index (κ1) is 18.5. The zero-order chi connectivity index (χ0) is 18.4. The summed E-state index contributed by atoms with van der Waals surface area (Å²) in [5.74, 6) is -0.314. The van der Waals surface area contributed by atoms with Crippen LogP contribution in [0.1, 0.15) is 21.5 Å². The van der Waals surface area contributed by atoms with Crippen molar-refractivity contribution in [1.82, 2.24) is 5.32 Å². The van der Waals surface area contributed by atoms with Gasteiger partial charge in [0.25, 0.3) is 5.91 Å². The summed E-state index contributed by atoms with van der Waals surface area (Å²) < 4.78 is 22.5. The van der Waals surface area contributed by atoms with Crippen LogP contribution in [-0.4, -0.2) is 26.6 Å². The molecule has 0 saturated carbocycles. The molecule has 8 heteroatoms. The lowest BCUT2D eigenvalue weighted by atomic mass is 10.1. The molecule has 2 rings (SSSR count). The van der Waals surface area contributed by atoms with Crippen LogP contribution in [0.25, 0.3) is 0 Å². The first-order chi connectivity index (χ1) is 11.7. The molecule has 0 radical (unpaired) electrons. The molecule has 0 saturated heterocycles. The smallest absolute Gasteiger partial charge is 0.316 e. The fourth-order valence-electron chi connectivity index (χ4n) is 2.19. The van der Waals surface area contributed by atoms with Gasteiger partial charge in [0.2, 0.25) is 0 Å². The number of nitrogens with one attached hydrogen (secondary N) is 2. The highest BCUT2D eigenvalue weighted by Gasteiger charge is 2.08. The van der Waals surface area contributed by atoms with E-state index in [-0.39, 0.29) is 11.7 Å². The molecule has 2 aromatic carbocycles. The molecule has 0 aliphatic heterocycles. The second-order valence-electron chi connectivity index (χ2n) is 5.64. The fraction of sp³-hybridized carbons (Fsp3) is 0.176. The van der Waals surface area contributed by atoms with E-state index in [0.717, 1.165) is 11.8 Å². The summed E-state index contributed by atoms with van der Waals surface area (Å²) in [4.78, 5) is 22.9. The third kappa shape index (κ3) is 6.27. The van der Waals surface area contributed by atoms with Gasteiger partial charge in [-0.15, -0.1) is 0 Å². The highest BCUT2D eigenvalue weighted by Crippen LogP contribution is 2.10. The number of hydrogen-bond donors (Lipinski definition) is 3. The summed E-state index contributed by atoms with van der Waals surface area (Å²) in [6.45, 7) is 0.320. The Kier molecular flexibility index (Phi) is 5.76. The minimum atomic E-state index is -3.10. The van der Waals surface area contributed by atoms with E-state index in [1.54, 1.807) is 48.5 Å². The maximum absolute atomic E-state index is 12.1. The number of rotatable bonds is 6. The summed E-state index contributed by atoms with van der Waals surface area (Å²) in [5, 5.41) is 5.23. The third-order valence-electron chi connectivity index (χ3n) is 3.32. The standard InChI is InChI=1S/C17H19N3O4S/c1-25(23,24)11-13-2-6-14(7-3-13)16(21)19-10-12-4-8-15(9-5-12)20-17(18)22/h2-9H,10-11H2,1H3,(H,19,21)(H3,18,20,22). The Labute approximate surface area is 146 Å². The van der Waals surface area contributed by atoms with Crippen molar-refractivity contribution < 1.29 is 18.0 Å². The van der Waals surface area contributed by atoms with Crippen molar-refractivity contribution in [3.05, 3.63) is 65.2 Å². The number of nitrogens with two attached hydrogens (primary N) is 1. The van der Waals surface area contributed by atoms with E-state index in [1.807, 2.05) is 0 Å². The Morgan fingerprint density at radius 2 is 1.52 bits per heavy atom. The number of benzene rings is 2. The molecule has 0 aromatic heterocycles. The lowest BCUT2D eigenvalue weighted by Gasteiger charge is -2.07. The van der Waals surface area contributed by atoms with E-state index in [4.69, 9.17) is 5.73 Å². The SMILES string of the molecule is CS(=O)(=O)Cc1ccc(C(=O)NCc2ccc(NC(N)=O)cc2)cc1. The van der Waals surface area contributed by atoms with Gasteiger partial charge in [-0.3, -0.25) is 4.79 Å². The van der Waals surface area contributed by atoms with Gasteiger partial charge < -0.3 is 16.4 Å². The average Bonchev–Trinajstić information content (AvgIpc) is 2.52. The van der Waals surface area contributed by atoms with Gasteiger partial charge in [0.15, 0.2) is 9.84 Å². The molecule has 0 atom stereocenters. The van der Waals surface area contributed by atoms with E-state index in [9.17, 15) is 18.0 Å². The molecule has 2 aromatic rings. The fourth-order valence-corrected chi connectivity index (χ4v) is 2.99. The number of sulfone groups is 1. The van der Waals surface area contributed by atoms with Gasteiger partial charge in [-0.25, -0.2) is 13.2 Å². The van der Waals surface area contributed by atoms with Crippen LogP contribution in [0, 0.1) is 0 Å². The van der Waals surface area contributed by atoms with Crippen LogP contribution in [0.15, 0.2) is 48.5 Å². The number of primary amides is 1. The number of anilines is 1. The lowest BCUT2D eigenvalue weighted by molar-refractivity contribution is 0.0951. The molecule has 0 spiro atoms. The van der Waals surface area contributed by atoms with Crippen LogP contribution in [-0.2, 0) is 22.1 Å². The second kappa shape index (κ2) is 7.80. The van der Waals surface area contributed by atoms with Crippen molar-refractivity contribution in [2.24, 2.45) is 5.73 Å². The lowest BCUT2D eigenvalue weighted by Crippen LogP contribution is -2.23. The first-order valence-electron chi connectivity index (χ1n) is 7.43. The maximum Gasteiger partial charge on any atom is 0.316 e. The van der Waals surface area contributed by atoms with Gasteiger partial charge in [-0.2, -0.15) is 0 Å². The molecule has 132 valence electrons. The van der Waals surface area contributed by atoms with E-state index in [2.05, 4.69) is 10.6 Å². The van der Waals surface area contributed by atoms with Gasteiger partial charge >= 0.3 is 6.03 Å². The molecule has 0 aliphatic carbocycles. The van der Waals surface area contributed by atoms with Gasteiger partial charge in [0.1, 0.15) is 0 Å². The summed E-state index contributed by atoms with van der Waals surface area (Å²) >= 11 is 0. The highest BCUT2D eigenvalue weighted by molar-refractivity contribution is 7.89. The summed E-state index contributed by atoms with van der Waals surface area (Å²) in [6.07, 6.45) is 1.16. The summed E-state index contributed by atoms with van der Waals surface area (Å²) in [5.41, 5.74) is 7.55. The predicted molar refractivity (Wildman–Crippen MR) is 95.8 cm³/mol. The van der Waals surface area contributed by atoms with Crippen LogP contribution < -0.4 is 16.4 Å². The number of urea groups is 1. The number of amides is 3. The minimum absolute atomic E-state index is 0.0550. The third-order valence-corrected chi connectivity index (χ3v) is 4.18. The molecule has 0 bridgehead atoms. The number of hydrogen-bond acceptors (Lipinski definition) is 4. The highest BCUT2D eigenvalue weighted by atomic mass is 32.2. The van der Waals surface area contributed by atoms with Crippen molar-refractivity contribution in [3.63, 3.8) is 0 Å². The Hall–Kier alpha value is -2.87. The zero-order valence-corrected chi connectivity index (χ0v) is 14.5. The Morgan fingerprint density at radius 3 is 2.04 bits per heavy atom. The largest absolute Gasteiger partial charge is 0.351 e. The van der Waals surface area contributed by atoms with E-state index < -0.39 is 15.9 Å². The Balaban J connectivity index is 1.92. The summed E-state index contributed by atoms with van der Waals surface area (Å²) in [7, 11) is -3.10. The molecular formula is C17H19N3O4S. The molecule has 4 N–H and O–H groups in total. The van der Waals surface area contributed by atoms with Crippen LogP contribution in [0.5, 0.6) is 0 Å². The van der Waals surface area contributed by atoms with Crippen molar-refractivity contribution in [2.45, 2.75) is 12.3 Å². The van der Waals surface area contributed by atoms with Gasteiger partial charge in [-0.1, -0.05) is 24.3 Å². The van der Waals surface area contributed by atoms with E-state index >= 15 is 0 Å². The predicted octanol–water partition coefficient (Wildman–Crippen LogP) is 1.65. The second-order valence-corrected chi connectivity index (χ2v) is 7.78. The van der Waals surface area contributed by atoms with Gasteiger partial charge in [0, 0.05) is 24.1 Å². The molecule has 0 unspecified atom stereocenters. The van der Waals surface area contributed by atoms with Crippen LogP contribution in [0.3, 0.4) is 0 Å². The molecule has 0 aliphatic rings. The molecular weight excluding hydrogens is 342 g/mol. The van der Waals surface area contributed by atoms with Crippen molar-refractivity contribution in [2.75, 3.05) is 11.6 Å². The van der Waals surface area contributed by atoms with E-state index in [1.165, 1.54) is 0 Å². The molecule has 3 amide bonds. The molecule has 7 nitrogen and oxygen atoms in total. The van der Waals surface area contributed by atoms with E-state index in [0.29, 0.717) is 23.4 Å². The van der Waals surface area contributed by atoms with Crippen LogP contribution in [0.2, 0.25) is 0 Å². The minimum Gasteiger partial charge on any atom is -0.351 e. The topological polar surface area (TPSA) is 118 Å². The first-order valence-corrected chi connectivity index (χ1v) is 9.49. The number of carbonyl (C=O) groups is 2. The maximum atomic E-state index is 12.1. The average molecular weight is 361 g/mol. The molecule has 0 heterocycles. The van der Waals surface area contributed by atoms with Gasteiger partial charge in [-0.05, 0) is 35.4 Å².